The van der Waals surface area contributed by atoms with Crippen LogP contribution in [0, 0.1) is 5.92 Å². The summed E-state index contributed by atoms with van der Waals surface area (Å²) in [6.07, 6.45) is 0. The van der Waals surface area contributed by atoms with Gasteiger partial charge >= 0.3 is 5.97 Å². The summed E-state index contributed by atoms with van der Waals surface area (Å²) in [5.74, 6) is -1.63. The average molecular weight is 303 g/mol. The lowest BCUT2D eigenvalue weighted by Crippen LogP contribution is -2.36. The quantitative estimate of drug-likeness (QED) is 0.892. The fourth-order valence-corrected chi connectivity index (χ4v) is 2.63. The molecule has 1 N–H and O–H groups in total. The number of carbonyl (C=O) groups is 2. The molecule has 4 nitrogen and oxygen atoms in total. The molecule has 1 aromatic heterocycles. The molecule has 0 aliphatic rings. The molecule has 1 amide bonds. The van der Waals surface area contributed by atoms with Gasteiger partial charge in [0.1, 0.15) is 0 Å². The Morgan fingerprint density at radius 2 is 1.95 bits per heavy atom. The highest BCUT2D eigenvalue weighted by Gasteiger charge is 2.22. The zero-order valence-corrected chi connectivity index (χ0v) is 12.5. The Bertz CT molecular complexity index is 595. The first kappa shape index (κ1) is 15.3. The van der Waals surface area contributed by atoms with Gasteiger partial charge in [-0.1, -0.05) is 37.3 Å². The number of nitrogens with zero attached hydrogens (tertiary/aromatic N) is 1. The maximum Gasteiger partial charge on any atom is 0.308 e. The highest BCUT2D eigenvalue weighted by molar-refractivity contribution is 7.08. The molecule has 0 bridgehead atoms. The van der Waals surface area contributed by atoms with Gasteiger partial charge in [-0.15, -0.1) is 0 Å². The van der Waals surface area contributed by atoms with Gasteiger partial charge in [0.2, 0.25) is 0 Å². The fraction of sp³-hybridized carbons (Fsp3) is 0.250. The summed E-state index contributed by atoms with van der Waals surface area (Å²) in [5, 5.41) is 12.7. The van der Waals surface area contributed by atoms with E-state index >= 15 is 0 Å². The van der Waals surface area contributed by atoms with Crippen molar-refractivity contribution < 1.29 is 14.7 Å². The van der Waals surface area contributed by atoms with Crippen LogP contribution in [0.15, 0.2) is 47.2 Å². The molecule has 2 aromatic rings. The monoisotopic (exact) mass is 303 g/mol. The van der Waals surface area contributed by atoms with E-state index in [1.807, 2.05) is 35.7 Å². The van der Waals surface area contributed by atoms with E-state index in [0.29, 0.717) is 12.1 Å². The highest BCUT2D eigenvalue weighted by Crippen LogP contribution is 2.14. The van der Waals surface area contributed by atoms with E-state index in [1.54, 1.807) is 23.3 Å². The van der Waals surface area contributed by atoms with Gasteiger partial charge in [-0.2, -0.15) is 11.3 Å². The summed E-state index contributed by atoms with van der Waals surface area (Å²) in [7, 11) is 0. The summed E-state index contributed by atoms with van der Waals surface area (Å²) in [6.45, 7) is 2.22. The molecule has 1 heterocycles. The summed E-state index contributed by atoms with van der Waals surface area (Å²) in [5.41, 5.74) is 1.59. The second-order valence-corrected chi connectivity index (χ2v) is 5.70. The summed E-state index contributed by atoms with van der Waals surface area (Å²) in [4.78, 5) is 25.2. The van der Waals surface area contributed by atoms with Gasteiger partial charge in [0.25, 0.3) is 5.91 Å². The molecule has 21 heavy (non-hydrogen) atoms. The molecule has 5 heteroatoms. The highest BCUT2D eigenvalue weighted by atomic mass is 32.1. The number of amides is 1. The fourth-order valence-electron chi connectivity index (χ4n) is 2.00. The number of benzene rings is 1. The second kappa shape index (κ2) is 7.04. The van der Waals surface area contributed by atoms with E-state index in [4.69, 9.17) is 5.11 Å². The molecule has 0 fully saturated rings. The lowest BCUT2D eigenvalue weighted by Gasteiger charge is -2.24. The summed E-state index contributed by atoms with van der Waals surface area (Å²) >= 11 is 1.45. The Morgan fingerprint density at radius 3 is 2.52 bits per heavy atom. The Balaban J connectivity index is 2.17. The van der Waals surface area contributed by atoms with Gasteiger partial charge in [0.15, 0.2) is 0 Å². The number of hydrogen-bond donors (Lipinski definition) is 1. The van der Waals surface area contributed by atoms with Gasteiger partial charge < -0.3 is 10.0 Å². The van der Waals surface area contributed by atoms with Crippen LogP contribution in [0.1, 0.15) is 22.8 Å². The Morgan fingerprint density at radius 1 is 1.24 bits per heavy atom. The lowest BCUT2D eigenvalue weighted by molar-refractivity contribution is -0.141. The smallest absolute Gasteiger partial charge is 0.308 e. The van der Waals surface area contributed by atoms with Gasteiger partial charge in [0, 0.05) is 18.5 Å². The third-order valence-corrected chi connectivity index (χ3v) is 3.87. The Labute approximate surface area is 127 Å². The van der Waals surface area contributed by atoms with Gasteiger partial charge in [-0.3, -0.25) is 9.59 Å². The van der Waals surface area contributed by atoms with Crippen LogP contribution in [0.4, 0.5) is 0 Å². The molecule has 2 rings (SSSR count). The number of rotatable bonds is 6. The van der Waals surface area contributed by atoms with Crippen LogP contribution in [-0.4, -0.2) is 28.4 Å². The third-order valence-electron chi connectivity index (χ3n) is 3.19. The molecule has 1 atom stereocenters. The molecule has 0 saturated carbocycles. The molecular formula is C16H17NO3S. The van der Waals surface area contributed by atoms with E-state index in [-0.39, 0.29) is 12.5 Å². The van der Waals surface area contributed by atoms with Crippen molar-refractivity contribution in [2.24, 2.45) is 5.92 Å². The number of carbonyl (C=O) groups excluding carboxylic acids is 1. The molecule has 0 radical (unpaired) electrons. The maximum absolute atomic E-state index is 12.5. The van der Waals surface area contributed by atoms with Crippen LogP contribution in [0.5, 0.6) is 0 Å². The van der Waals surface area contributed by atoms with Crippen molar-refractivity contribution in [3.05, 3.63) is 58.3 Å². The van der Waals surface area contributed by atoms with E-state index in [2.05, 4.69) is 0 Å². The van der Waals surface area contributed by atoms with E-state index in [9.17, 15) is 9.59 Å². The second-order valence-electron chi connectivity index (χ2n) is 4.92. The largest absolute Gasteiger partial charge is 0.481 e. The van der Waals surface area contributed by atoms with Crippen LogP contribution >= 0.6 is 11.3 Å². The number of hydrogen-bond acceptors (Lipinski definition) is 3. The van der Waals surface area contributed by atoms with Gasteiger partial charge in [0.05, 0.1) is 11.5 Å². The maximum atomic E-state index is 12.5. The molecule has 0 aliphatic carbocycles. The lowest BCUT2D eigenvalue weighted by atomic mass is 10.1. The predicted molar refractivity (Wildman–Crippen MR) is 82.3 cm³/mol. The Kier molecular flexibility index (Phi) is 5.11. The van der Waals surface area contributed by atoms with E-state index in [0.717, 1.165) is 5.56 Å². The number of aliphatic carboxylic acids is 1. The first-order chi connectivity index (χ1) is 10.1. The van der Waals surface area contributed by atoms with Crippen molar-refractivity contribution in [3.8, 4) is 0 Å². The summed E-state index contributed by atoms with van der Waals surface area (Å²) in [6, 6.07) is 11.3. The SMILES string of the molecule is C[C@@H](CN(Cc1ccccc1)C(=O)c1ccsc1)C(=O)O. The zero-order chi connectivity index (χ0) is 15.2. The first-order valence-electron chi connectivity index (χ1n) is 6.66. The molecular weight excluding hydrogens is 286 g/mol. The van der Waals surface area contributed by atoms with Crippen molar-refractivity contribution in [1.29, 1.82) is 0 Å². The van der Waals surface area contributed by atoms with Crippen LogP contribution in [0.25, 0.3) is 0 Å². The van der Waals surface area contributed by atoms with Crippen LogP contribution in [0.2, 0.25) is 0 Å². The number of carboxylic acids is 1. The van der Waals surface area contributed by atoms with E-state index in [1.165, 1.54) is 11.3 Å². The zero-order valence-electron chi connectivity index (χ0n) is 11.7. The van der Waals surface area contributed by atoms with Crippen LogP contribution in [0.3, 0.4) is 0 Å². The van der Waals surface area contributed by atoms with Crippen LogP contribution < -0.4 is 0 Å². The predicted octanol–water partition coefficient (Wildman–Crippen LogP) is 3.11. The number of carboxylic acid groups (broad SMARTS) is 1. The standard InChI is InChI=1S/C16H17NO3S/c1-12(16(19)20)9-17(10-13-5-3-2-4-6-13)15(18)14-7-8-21-11-14/h2-8,11-12H,9-10H2,1H3,(H,19,20)/t12-/m0/s1. The van der Waals surface area contributed by atoms with Crippen molar-refractivity contribution in [3.63, 3.8) is 0 Å². The van der Waals surface area contributed by atoms with Crippen molar-refractivity contribution in [2.75, 3.05) is 6.54 Å². The topological polar surface area (TPSA) is 57.6 Å². The van der Waals surface area contributed by atoms with Crippen molar-refractivity contribution in [1.82, 2.24) is 4.90 Å². The molecule has 0 spiro atoms. The minimum Gasteiger partial charge on any atom is -0.481 e. The first-order valence-corrected chi connectivity index (χ1v) is 7.60. The van der Waals surface area contributed by atoms with Crippen LogP contribution in [-0.2, 0) is 11.3 Å². The molecule has 0 aliphatic heterocycles. The van der Waals surface area contributed by atoms with Crippen molar-refractivity contribution >= 4 is 23.2 Å². The third kappa shape index (κ3) is 4.16. The van der Waals surface area contributed by atoms with Gasteiger partial charge in [-0.05, 0) is 17.0 Å². The molecule has 0 saturated heterocycles. The van der Waals surface area contributed by atoms with E-state index < -0.39 is 11.9 Å². The minimum absolute atomic E-state index is 0.131. The molecule has 110 valence electrons. The van der Waals surface area contributed by atoms with Gasteiger partial charge in [-0.25, -0.2) is 0 Å². The summed E-state index contributed by atoms with van der Waals surface area (Å²) < 4.78 is 0. The molecule has 0 unspecified atom stereocenters. The normalized spacial score (nSPS) is 11.9. The van der Waals surface area contributed by atoms with Crippen molar-refractivity contribution in [2.45, 2.75) is 13.5 Å². The minimum atomic E-state index is -0.897. The molecule has 1 aromatic carbocycles. The number of thiophene rings is 1. The Hall–Kier alpha value is -2.14. The average Bonchev–Trinajstić information content (AvgIpc) is 3.01.